The van der Waals surface area contributed by atoms with E-state index in [1.807, 2.05) is 6.92 Å². The van der Waals surface area contributed by atoms with Crippen molar-refractivity contribution in [3.63, 3.8) is 0 Å². The third kappa shape index (κ3) is 5.71. The minimum absolute atomic E-state index is 0.0365. The molecule has 0 fully saturated rings. The standard InChI is InChI=1S/C24H23ClN2O5S/c1-16-9-11-20(12-10-16)33(31,32)27(23-17(2)5-3-8-21(23)25)15-22(28)26-14-18-6-4-7-19(13-18)24(29)30/h3-13H,14-15H2,1-2H3,(H,26,28)(H,29,30). The average Bonchev–Trinajstić information content (AvgIpc) is 2.77. The molecule has 33 heavy (non-hydrogen) atoms. The number of carboxylic acid groups (broad SMARTS) is 1. The number of hydrogen-bond donors (Lipinski definition) is 2. The van der Waals surface area contributed by atoms with Gasteiger partial charge in [0.25, 0.3) is 10.0 Å². The number of para-hydroxylation sites is 1. The molecule has 9 heteroatoms. The third-order valence-electron chi connectivity index (χ3n) is 5.00. The predicted octanol–water partition coefficient (Wildman–Crippen LogP) is 4.17. The number of rotatable bonds is 8. The Morgan fingerprint density at radius 2 is 1.67 bits per heavy atom. The van der Waals surface area contributed by atoms with E-state index in [2.05, 4.69) is 5.32 Å². The molecular weight excluding hydrogens is 464 g/mol. The van der Waals surface area contributed by atoms with Crippen LogP contribution in [0.25, 0.3) is 0 Å². The molecule has 3 rings (SSSR count). The molecule has 0 aromatic heterocycles. The molecule has 7 nitrogen and oxygen atoms in total. The number of nitrogens with zero attached hydrogens (tertiary/aromatic N) is 1. The fraction of sp³-hybridized carbons (Fsp3) is 0.167. The maximum atomic E-state index is 13.5. The van der Waals surface area contributed by atoms with Crippen molar-refractivity contribution in [2.24, 2.45) is 0 Å². The number of hydrogen-bond acceptors (Lipinski definition) is 4. The Morgan fingerprint density at radius 1 is 1.00 bits per heavy atom. The number of carbonyl (C=O) groups is 2. The molecule has 0 aliphatic carbocycles. The molecule has 0 atom stereocenters. The van der Waals surface area contributed by atoms with E-state index >= 15 is 0 Å². The van der Waals surface area contributed by atoms with Crippen molar-refractivity contribution >= 4 is 39.2 Å². The number of amides is 1. The molecule has 0 radical (unpaired) electrons. The quantitative estimate of drug-likeness (QED) is 0.497. The largest absolute Gasteiger partial charge is 0.478 e. The highest BCUT2D eigenvalue weighted by molar-refractivity contribution is 7.92. The molecule has 3 aromatic carbocycles. The van der Waals surface area contributed by atoms with Gasteiger partial charge in [0, 0.05) is 6.54 Å². The smallest absolute Gasteiger partial charge is 0.335 e. The molecule has 0 aliphatic rings. The van der Waals surface area contributed by atoms with Crippen molar-refractivity contribution in [3.8, 4) is 0 Å². The Morgan fingerprint density at radius 3 is 2.30 bits per heavy atom. The van der Waals surface area contributed by atoms with E-state index in [1.165, 1.54) is 24.3 Å². The summed E-state index contributed by atoms with van der Waals surface area (Å²) in [5, 5.41) is 12.0. The first-order valence-electron chi connectivity index (χ1n) is 10.0. The van der Waals surface area contributed by atoms with Gasteiger partial charge in [-0.3, -0.25) is 9.10 Å². The van der Waals surface area contributed by atoms with Crippen LogP contribution in [0.5, 0.6) is 0 Å². The second kappa shape index (κ2) is 10.1. The van der Waals surface area contributed by atoms with Gasteiger partial charge in [0.05, 0.1) is 21.2 Å². The van der Waals surface area contributed by atoms with Crippen LogP contribution < -0.4 is 9.62 Å². The molecule has 0 saturated carbocycles. The van der Waals surface area contributed by atoms with Gasteiger partial charge in [-0.25, -0.2) is 13.2 Å². The molecule has 0 unspecified atom stereocenters. The zero-order valence-corrected chi connectivity index (χ0v) is 19.7. The molecule has 0 bridgehead atoms. The van der Waals surface area contributed by atoms with Crippen molar-refractivity contribution < 1.29 is 23.1 Å². The lowest BCUT2D eigenvalue weighted by molar-refractivity contribution is -0.119. The minimum Gasteiger partial charge on any atom is -0.478 e. The first-order valence-corrected chi connectivity index (χ1v) is 11.8. The van der Waals surface area contributed by atoms with Crippen LogP contribution in [0.2, 0.25) is 5.02 Å². The number of benzene rings is 3. The van der Waals surface area contributed by atoms with Crippen LogP contribution >= 0.6 is 11.6 Å². The monoisotopic (exact) mass is 486 g/mol. The van der Waals surface area contributed by atoms with Gasteiger partial charge >= 0.3 is 5.97 Å². The van der Waals surface area contributed by atoms with Gasteiger partial charge in [0.15, 0.2) is 0 Å². The Kier molecular flexibility index (Phi) is 7.40. The molecule has 0 saturated heterocycles. The molecule has 0 heterocycles. The van der Waals surface area contributed by atoms with Crippen molar-refractivity contribution in [3.05, 3.63) is 94.0 Å². The number of nitrogens with one attached hydrogen (secondary N) is 1. The second-order valence-electron chi connectivity index (χ2n) is 7.51. The topological polar surface area (TPSA) is 104 Å². The Bertz CT molecular complexity index is 1270. The van der Waals surface area contributed by atoms with Crippen molar-refractivity contribution in [1.82, 2.24) is 5.32 Å². The van der Waals surface area contributed by atoms with E-state index in [9.17, 15) is 18.0 Å². The highest BCUT2D eigenvalue weighted by Gasteiger charge is 2.29. The molecule has 1 amide bonds. The summed E-state index contributed by atoms with van der Waals surface area (Å²) in [4.78, 5) is 24.0. The van der Waals surface area contributed by atoms with Gasteiger partial charge < -0.3 is 10.4 Å². The SMILES string of the molecule is Cc1ccc(S(=O)(=O)N(CC(=O)NCc2cccc(C(=O)O)c2)c2c(C)cccc2Cl)cc1. The summed E-state index contributed by atoms with van der Waals surface area (Å²) >= 11 is 6.35. The van der Waals surface area contributed by atoms with Crippen molar-refractivity contribution in [1.29, 1.82) is 0 Å². The van der Waals surface area contributed by atoms with E-state index in [1.54, 1.807) is 49.4 Å². The lowest BCUT2D eigenvalue weighted by atomic mass is 10.1. The Labute approximate surface area is 197 Å². The summed E-state index contributed by atoms with van der Waals surface area (Å²) in [6.07, 6.45) is 0. The minimum atomic E-state index is -4.10. The average molecular weight is 487 g/mol. The van der Waals surface area contributed by atoms with E-state index < -0.39 is 28.4 Å². The van der Waals surface area contributed by atoms with Gasteiger partial charge in [-0.2, -0.15) is 0 Å². The zero-order valence-electron chi connectivity index (χ0n) is 18.1. The van der Waals surface area contributed by atoms with Crippen molar-refractivity contribution in [2.45, 2.75) is 25.3 Å². The Hall–Kier alpha value is -3.36. The summed E-state index contributed by atoms with van der Waals surface area (Å²) in [6.45, 7) is 3.10. The van der Waals surface area contributed by atoms with Crippen LogP contribution in [-0.2, 0) is 21.4 Å². The van der Waals surface area contributed by atoms with Gasteiger partial charge in [-0.1, -0.05) is 53.6 Å². The summed E-state index contributed by atoms with van der Waals surface area (Å²) < 4.78 is 28.0. The lowest BCUT2D eigenvalue weighted by Gasteiger charge is -2.26. The van der Waals surface area contributed by atoms with Gasteiger partial charge in [-0.05, 0) is 55.3 Å². The van der Waals surface area contributed by atoms with Crippen LogP contribution in [0.3, 0.4) is 0 Å². The number of sulfonamides is 1. The maximum Gasteiger partial charge on any atom is 0.335 e. The highest BCUT2D eigenvalue weighted by Crippen LogP contribution is 2.33. The van der Waals surface area contributed by atoms with Crippen LogP contribution in [0, 0.1) is 13.8 Å². The first-order chi connectivity index (χ1) is 15.6. The zero-order chi connectivity index (χ0) is 24.2. The van der Waals surface area contributed by atoms with Gasteiger partial charge in [0.2, 0.25) is 5.91 Å². The fourth-order valence-electron chi connectivity index (χ4n) is 3.26. The van der Waals surface area contributed by atoms with Crippen LogP contribution in [-0.4, -0.2) is 31.9 Å². The highest BCUT2D eigenvalue weighted by atomic mass is 35.5. The molecule has 2 N–H and O–H groups in total. The lowest BCUT2D eigenvalue weighted by Crippen LogP contribution is -2.41. The van der Waals surface area contributed by atoms with Gasteiger partial charge in [-0.15, -0.1) is 0 Å². The third-order valence-corrected chi connectivity index (χ3v) is 7.06. The summed E-state index contributed by atoms with van der Waals surface area (Å²) in [5.74, 6) is -1.64. The summed E-state index contributed by atoms with van der Waals surface area (Å²) in [7, 11) is -4.10. The Balaban J connectivity index is 1.90. The summed E-state index contributed by atoms with van der Waals surface area (Å²) in [5.41, 5.74) is 2.39. The predicted molar refractivity (Wildman–Crippen MR) is 127 cm³/mol. The molecule has 0 aliphatic heterocycles. The normalized spacial score (nSPS) is 11.1. The first kappa shape index (κ1) is 24.3. The number of carbonyl (C=O) groups excluding carboxylic acids is 1. The molecule has 3 aromatic rings. The number of carboxylic acids is 1. The van der Waals surface area contributed by atoms with E-state index in [4.69, 9.17) is 16.7 Å². The van der Waals surface area contributed by atoms with E-state index in [0.29, 0.717) is 11.1 Å². The van der Waals surface area contributed by atoms with E-state index in [-0.39, 0.29) is 27.7 Å². The fourth-order valence-corrected chi connectivity index (χ4v) is 5.14. The molecule has 0 spiro atoms. The van der Waals surface area contributed by atoms with E-state index in [0.717, 1.165) is 9.87 Å². The number of halogens is 1. The second-order valence-corrected chi connectivity index (χ2v) is 9.78. The number of aryl methyl sites for hydroxylation is 2. The van der Waals surface area contributed by atoms with Gasteiger partial charge in [0.1, 0.15) is 6.54 Å². The van der Waals surface area contributed by atoms with Crippen LogP contribution in [0.15, 0.2) is 71.6 Å². The maximum absolute atomic E-state index is 13.5. The number of aromatic carboxylic acids is 1. The van der Waals surface area contributed by atoms with Crippen LogP contribution in [0.4, 0.5) is 5.69 Å². The molecular formula is C24H23ClN2O5S. The summed E-state index contributed by atoms with van der Waals surface area (Å²) in [6, 6.07) is 17.5. The van der Waals surface area contributed by atoms with Crippen LogP contribution in [0.1, 0.15) is 27.0 Å². The number of anilines is 1. The molecule has 172 valence electrons. The van der Waals surface area contributed by atoms with Crippen molar-refractivity contribution in [2.75, 3.05) is 10.8 Å².